The number of carbonyl (C=O) groups excluding carboxylic acids is 1. The van der Waals surface area contributed by atoms with Crippen molar-refractivity contribution in [3.8, 4) is 0 Å². The zero-order chi connectivity index (χ0) is 8.86. The number of carbonyl (C=O) groups is 1. The average Bonchev–Trinajstić information content (AvgIpc) is 1.95. The zero-order valence-electron chi connectivity index (χ0n) is 6.88. The maximum Gasteiger partial charge on any atom is 0.190 e. The molecule has 0 amide bonds. The summed E-state index contributed by atoms with van der Waals surface area (Å²) >= 11 is 0. The molecule has 0 bridgehead atoms. The van der Waals surface area contributed by atoms with Crippen molar-refractivity contribution in [2.45, 2.75) is 32.0 Å². The highest BCUT2D eigenvalue weighted by atomic mass is 16.4. The molecule has 11 heavy (non-hydrogen) atoms. The lowest BCUT2D eigenvalue weighted by atomic mass is 9.85. The van der Waals surface area contributed by atoms with E-state index in [1.165, 1.54) is 19.9 Å². The molecule has 0 heterocycles. The highest BCUT2D eigenvalue weighted by Crippen LogP contribution is 2.35. The second-order valence-electron chi connectivity index (χ2n) is 3.34. The predicted octanol–water partition coefficient (Wildman–Crippen LogP) is 0.0174. The summed E-state index contributed by atoms with van der Waals surface area (Å²) in [5, 5.41) is 19.1. The minimum absolute atomic E-state index is 0.431. The number of hydrogen-bond donors (Lipinski definition) is 2. The summed E-state index contributed by atoms with van der Waals surface area (Å²) < 4.78 is 0. The molecule has 1 rings (SSSR count). The molecule has 3 heteroatoms. The van der Waals surface area contributed by atoms with Crippen LogP contribution in [-0.4, -0.2) is 27.2 Å². The van der Waals surface area contributed by atoms with Gasteiger partial charge in [-0.2, -0.15) is 0 Å². The van der Waals surface area contributed by atoms with E-state index in [0.29, 0.717) is 5.57 Å². The fourth-order valence-electron chi connectivity index (χ4n) is 1.10. The molecular weight excluding hydrogens is 144 g/mol. The summed E-state index contributed by atoms with van der Waals surface area (Å²) in [5.41, 5.74) is -2.56. The fraction of sp³-hybridized carbons (Fsp3) is 0.625. The maximum absolute atomic E-state index is 11.0. The molecule has 0 saturated heterocycles. The van der Waals surface area contributed by atoms with Crippen molar-refractivity contribution in [3.05, 3.63) is 11.6 Å². The van der Waals surface area contributed by atoms with Crippen LogP contribution in [0, 0.1) is 0 Å². The van der Waals surface area contributed by atoms with Gasteiger partial charge in [-0.15, -0.1) is 0 Å². The third kappa shape index (κ3) is 0.847. The molecule has 0 aromatic rings. The van der Waals surface area contributed by atoms with E-state index in [4.69, 9.17) is 0 Å². The Morgan fingerprint density at radius 3 is 1.82 bits per heavy atom. The van der Waals surface area contributed by atoms with Crippen molar-refractivity contribution >= 4 is 5.78 Å². The van der Waals surface area contributed by atoms with Gasteiger partial charge in [0.2, 0.25) is 0 Å². The van der Waals surface area contributed by atoms with E-state index in [9.17, 15) is 15.0 Å². The molecular formula is C8H12O3. The van der Waals surface area contributed by atoms with Gasteiger partial charge in [-0.1, -0.05) is 0 Å². The minimum Gasteiger partial charge on any atom is -0.382 e. The Morgan fingerprint density at radius 1 is 1.27 bits per heavy atom. The molecule has 1 aliphatic carbocycles. The van der Waals surface area contributed by atoms with Gasteiger partial charge in [0.1, 0.15) is 5.60 Å². The molecule has 0 radical (unpaired) electrons. The predicted molar refractivity (Wildman–Crippen MR) is 40.0 cm³/mol. The Kier molecular flexibility index (Phi) is 1.48. The first-order valence-electron chi connectivity index (χ1n) is 3.48. The standard InChI is InChI=1S/C8H12O3/c1-5-4-6(9)8(3,11)7(5,2)10/h4,10-11H,1-3H3/t7-,8-/m1/s1. The highest BCUT2D eigenvalue weighted by Gasteiger charge is 2.52. The number of hydrogen-bond acceptors (Lipinski definition) is 3. The van der Waals surface area contributed by atoms with Crippen LogP contribution in [0.25, 0.3) is 0 Å². The van der Waals surface area contributed by atoms with Crippen LogP contribution < -0.4 is 0 Å². The van der Waals surface area contributed by atoms with Gasteiger partial charge >= 0.3 is 0 Å². The van der Waals surface area contributed by atoms with Crippen LogP contribution in [-0.2, 0) is 4.79 Å². The fourth-order valence-corrected chi connectivity index (χ4v) is 1.10. The molecule has 62 valence electrons. The van der Waals surface area contributed by atoms with E-state index in [-0.39, 0.29) is 0 Å². The lowest BCUT2D eigenvalue weighted by molar-refractivity contribution is -0.147. The van der Waals surface area contributed by atoms with Crippen LogP contribution in [0.4, 0.5) is 0 Å². The van der Waals surface area contributed by atoms with Crippen molar-refractivity contribution in [2.24, 2.45) is 0 Å². The molecule has 3 nitrogen and oxygen atoms in total. The average molecular weight is 156 g/mol. The molecule has 0 aromatic carbocycles. The number of ketones is 1. The van der Waals surface area contributed by atoms with Crippen molar-refractivity contribution in [1.82, 2.24) is 0 Å². The Balaban J connectivity index is 3.17. The van der Waals surface area contributed by atoms with Crippen LogP contribution in [0.15, 0.2) is 11.6 Å². The van der Waals surface area contributed by atoms with Crippen molar-refractivity contribution in [1.29, 1.82) is 0 Å². The van der Waals surface area contributed by atoms with Gasteiger partial charge in [-0.3, -0.25) is 4.79 Å². The van der Waals surface area contributed by atoms with Crippen LogP contribution in [0.2, 0.25) is 0 Å². The van der Waals surface area contributed by atoms with Crippen LogP contribution in [0.3, 0.4) is 0 Å². The minimum atomic E-state index is -1.66. The molecule has 0 saturated carbocycles. The zero-order valence-corrected chi connectivity index (χ0v) is 6.88. The summed E-state index contributed by atoms with van der Waals surface area (Å²) in [7, 11) is 0. The van der Waals surface area contributed by atoms with Gasteiger partial charge in [0.15, 0.2) is 11.4 Å². The second kappa shape index (κ2) is 1.93. The van der Waals surface area contributed by atoms with E-state index in [0.717, 1.165) is 0 Å². The van der Waals surface area contributed by atoms with Crippen molar-refractivity contribution < 1.29 is 15.0 Å². The van der Waals surface area contributed by atoms with Gasteiger partial charge in [0, 0.05) is 0 Å². The topological polar surface area (TPSA) is 57.5 Å². The quantitative estimate of drug-likeness (QED) is 0.519. The molecule has 0 spiro atoms. The lowest BCUT2D eigenvalue weighted by Crippen LogP contribution is -2.51. The van der Waals surface area contributed by atoms with Gasteiger partial charge in [-0.05, 0) is 32.4 Å². The number of rotatable bonds is 0. The summed E-state index contributed by atoms with van der Waals surface area (Å²) in [6.07, 6.45) is 1.28. The van der Waals surface area contributed by atoms with Crippen molar-refractivity contribution in [3.63, 3.8) is 0 Å². The first kappa shape index (κ1) is 8.43. The third-order valence-electron chi connectivity index (χ3n) is 2.54. The van der Waals surface area contributed by atoms with E-state index in [1.807, 2.05) is 0 Å². The van der Waals surface area contributed by atoms with E-state index < -0.39 is 17.0 Å². The third-order valence-corrected chi connectivity index (χ3v) is 2.54. The summed E-state index contributed by atoms with van der Waals surface area (Å²) in [6, 6.07) is 0. The normalized spacial score (nSPS) is 44.5. The summed E-state index contributed by atoms with van der Waals surface area (Å²) in [6.45, 7) is 4.38. The Hall–Kier alpha value is -0.670. The first-order chi connectivity index (χ1) is 4.80. The lowest BCUT2D eigenvalue weighted by Gasteiger charge is -2.31. The van der Waals surface area contributed by atoms with Crippen LogP contribution in [0.1, 0.15) is 20.8 Å². The van der Waals surface area contributed by atoms with Crippen LogP contribution >= 0.6 is 0 Å². The van der Waals surface area contributed by atoms with E-state index in [1.54, 1.807) is 6.92 Å². The second-order valence-corrected chi connectivity index (χ2v) is 3.34. The van der Waals surface area contributed by atoms with Gasteiger partial charge in [0.25, 0.3) is 0 Å². The SMILES string of the molecule is CC1=CC(=O)[C@@](C)(O)[C@]1(C)O. The highest BCUT2D eigenvalue weighted by molar-refractivity contribution is 6.02. The van der Waals surface area contributed by atoms with Crippen LogP contribution in [0.5, 0.6) is 0 Å². The largest absolute Gasteiger partial charge is 0.382 e. The Bertz CT molecular complexity index is 236. The molecule has 0 unspecified atom stereocenters. The van der Waals surface area contributed by atoms with Gasteiger partial charge in [-0.25, -0.2) is 0 Å². The first-order valence-corrected chi connectivity index (χ1v) is 3.48. The number of aliphatic hydroxyl groups is 2. The molecule has 0 aromatic heterocycles. The summed E-state index contributed by atoms with van der Waals surface area (Å²) in [5.74, 6) is -0.431. The monoisotopic (exact) mass is 156 g/mol. The molecule has 2 atom stereocenters. The molecule has 0 fully saturated rings. The van der Waals surface area contributed by atoms with Gasteiger partial charge in [0.05, 0.1) is 0 Å². The smallest absolute Gasteiger partial charge is 0.190 e. The Morgan fingerprint density at radius 2 is 1.73 bits per heavy atom. The maximum atomic E-state index is 11.0. The molecule has 1 aliphatic rings. The van der Waals surface area contributed by atoms with Crippen molar-refractivity contribution in [2.75, 3.05) is 0 Å². The Labute approximate surface area is 65.3 Å². The molecule has 2 N–H and O–H groups in total. The van der Waals surface area contributed by atoms with E-state index in [2.05, 4.69) is 0 Å². The van der Waals surface area contributed by atoms with Gasteiger partial charge < -0.3 is 10.2 Å². The molecule has 0 aliphatic heterocycles. The van der Waals surface area contributed by atoms with E-state index >= 15 is 0 Å². The summed E-state index contributed by atoms with van der Waals surface area (Å²) in [4.78, 5) is 11.0.